The Bertz CT molecular complexity index is 1120. The van der Waals surface area contributed by atoms with Gasteiger partial charge in [0.2, 0.25) is 0 Å². The van der Waals surface area contributed by atoms with E-state index in [1.54, 1.807) is 0 Å². The van der Waals surface area contributed by atoms with Crippen LogP contribution in [0, 0.1) is 6.67 Å². The first-order valence-corrected chi connectivity index (χ1v) is 19.1. The van der Waals surface area contributed by atoms with Gasteiger partial charge in [-0.15, -0.1) is 11.3 Å². The van der Waals surface area contributed by atoms with Crippen LogP contribution in [0.3, 0.4) is 0 Å². The molecule has 1 aliphatic heterocycles. The van der Waals surface area contributed by atoms with Crippen molar-refractivity contribution in [3.05, 3.63) is 88.2 Å². The van der Waals surface area contributed by atoms with Crippen LogP contribution >= 0.6 is 30.7 Å². The van der Waals surface area contributed by atoms with E-state index >= 15 is 0 Å². The minimum Gasteiger partial charge on any atom is -0.507 e. The maximum atomic E-state index is 5.82. The average molecular weight is 648 g/mol. The molecule has 0 bridgehead atoms. The molecule has 3 aromatic rings. The minimum absolute atomic E-state index is 0.163. The molecule has 0 spiro atoms. The zero-order valence-electron chi connectivity index (χ0n) is 22.6. The van der Waals surface area contributed by atoms with Crippen LogP contribution in [-0.4, -0.2) is 28.7 Å². The monoisotopic (exact) mass is 647 g/mol. The summed E-state index contributed by atoms with van der Waals surface area (Å²) in [7, 11) is 11.6. The first kappa shape index (κ1) is 30.3. The molecule has 0 unspecified atom stereocenters. The van der Waals surface area contributed by atoms with Gasteiger partial charge >= 0.3 is 97.8 Å². The van der Waals surface area contributed by atoms with Crippen molar-refractivity contribution < 1.29 is 18.3 Å². The summed E-state index contributed by atoms with van der Waals surface area (Å²) in [6.45, 7) is 18.7. The maximum Gasteiger partial charge on any atom is 0.0162 e. The van der Waals surface area contributed by atoms with Crippen molar-refractivity contribution >= 4 is 41.0 Å². The van der Waals surface area contributed by atoms with E-state index in [-0.39, 0.29) is 6.10 Å². The van der Waals surface area contributed by atoms with Crippen molar-refractivity contribution in [2.75, 3.05) is 18.0 Å². The molecule has 37 heavy (non-hydrogen) atoms. The van der Waals surface area contributed by atoms with Gasteiger partial charge in [-0.1, -0.05) is 52.0 Å². The van der Waals surface area contributed by atoms with Crippen LogP contribution in [-0.2, 0) is 20.1 Å². The molecule has 2 aromatic carbocycles. The predicted molar refractivity (Wildman–Crippen MR) is 160 cm³/mol. The molecule has 1 fully saturated rings. The van der Waals surface area contributed by atoms with E-state index in [0.717, 1.165) is 30.9 Å². The number of rotatable bonds is 8. The largest absolute Gasteiger partial charge is 0.507 e. The molecule has 1 aromatic heterocycles. The zero-order valence-corrected chi connectivity index (χ0v) is 26.7. The number of para-hydroxylation sites is 2. The van der Waals surface area contributed by atoms with E-state index in [4.69, 9.17) is 24.1 Å². The second-order valence-electron chi connectivity index (χ2n) is 9.96. The molecular formula is C30H39Cl2N2ORuS-. The van der Waals surface area contributed by atoms with Gasteiger partial charge in [0.1, 0.15) is 0 Å². The molecule has 7 heteroatoms. The zero-order chi connectivity index (χ0) is 26.9. The van der Waals surface area contributed by atoms with E-state index in [1.807, 2.05) is 54.1 Å². The Labute approximate surface area is 240 Å². The normalized spacial score (nSPS) is 14.2. The third kappa shape index (κ3) is 9.18. The van der Waals surface area contributed by atoms with Crippen LogP contribution in [0.1, 0.15) is 74.9 Å². The van der Waals surface area contributed by atoms with Crippen LogP contribution in [0.2, 0.25) is 0 Å². The van der Waals surface area contributed by atoms with Crippen molar-refractivity contribution in [2.45, 2.75) is 66.0 Å². The van der Waals surface area contributed by atoms with E-state index in [9.17, 15) is 0 Å². The molecule has 0 atom stereocenters. The molecule has 0 N–H and O–H groups in total. The molecule has 0 saturated carbocycles. The first-order chi connectivity index (χ1) is 17.7. The van der Waals surface area contributed by atoms with Crippen LogP contribution in [0.4, 0.5) is 5.69 Å². The SMILES string of the molecule is CC(C)Oc1ccccc1[CH]=[Ru]([Cl])[Cl].CC(C)c1cccc(C(C)C)c1N1[CH-]N(Cc2cccs2)CC1. The summed E-state index contributed by atoms with van der Waals surface area (Å²) in [4.78, 5) is 6.34. The van der Waals surface area contributed by atoms with Crippen LogP contribution < -0.4 is 9.64 Å². The van der Waals surface area contributed by atoms with Crippen LogP contribution in [0.5, 0.6) is 5.75 Å². The van der Waals surface area contributed by atoms with Crippen molar-refractivity contribution in [3.63, 3.8) is 0 Å². The topological polar surface area (TPSA) is 15.7 Å². The van der Waals surface area contributed by atoms with E-state index in [2.05, 4.69) is 79.9 Å². The molecule has 0 radical (unpaired) electrons. The Morgan fingerprint density at radius 1 is 0.919 bits per heavy atom. The first-order valence-electron chi connectivity index (χ1n) is 12.8. The molecule has 1 saturated heterocycles. The van der Waals surface area contributed by atoms with Crippen LogP contribution in [0.15, 0.2) is 60.0 Å². The van der Waals surface area contributed by atoms with Crippen molar-refractivity contribution in [2.24, 2.45) is 0 Å². The van der Waals surface area contributed by atoms with Gasteiger partial charge in [-0.05, 0) is 41.0 Å². The van der Waals surface area contributed by atoms with Gasteiger partial charge in [0.25, 0.3) is 0 Å². The van der Waals surface area contributed by atoms with Gasteiger partial charge in [-0.25, -0.2) is 0 Å². The third-order valence-electron chi connectivity index (χ3n) is 5.97. The van der Waals surface area contributed by atoms with Crippen molar-refractivity contribution in [1.82, 2.24) is 4.90 Å². The van der Waals surface area contributed by atoms with Gasteiger partial charge in [0, 0.05) is 23.7 Å². The smallest absolute Gasteiger partial charge is 0.0162 e. The number of anilines is 1. The minimum atomic E-state index is -1.77. The third-order valence-corrected chi connectivity index (χ3v) is 8.66. The number of hydrogen-bond acceptors (Lipinski definition) is 4. The number of benzene rings is 2. The average Bonchev–Trinajstić information content (AvgIpc) is 3.52. The number of hydrogen-bond donors (Lipinski definition) is 0. The standard InChI is InChI=1S/C20H27N2S.C10H12O.2ClH.Ru/c1-15(2)18-8-5-9-19(16(3)4)20(18)22-11-10-21(14-22)13-17-7-6-12-23-17;1-8(2)11-10-7-5-4-6-9(10)3;;;/h5-9,12,14-16H,10-11,13H2,1-4H3;3-8H,1-2H3;2*1H;/q-1;;;;+2/p-2. The quantitative estimate of drug-likeness (QED) is 0.179. The van der Waals surface area contributed by atoms with E-state index < -0.39 is 13.5 Å². The fourth-order valence-corrected chi connectivity index (χ4v) is 6.83. The molecule has 4 rings (SSSR count). The summed E-state index contributed by atoms with van der Waals surface area (Å²) in [6, 6.07) is 18.9. The summed E-state index contributed by atoms with van der Waals surface area (Å²) >= 11 is 0.0725. The summed E-state index contributed by atoms with van der Waals surface area (Å²) in [5, 5.41) is 2.16. The number of ether oxygens (including phenoxy) is 1. The molecule has 204 valence electrons. The number of nitrogens with zero attached hydrogens (tertiary/aromatic N) is 2. The Morgan fingerprint density at radius 3 is 2.16 bits per heavy atom. The predicted octanol–water partition coefficient (Wildman–Crippen LogP) is 8.99. The van der Waals surface area contributed by atoms with Crippen LogP contribution in [0.25, 0.3) is 0 Å². The second kappa shape index (κ2) is 14.8. The summed E-state index contributed by atoms with van der Waals surface area (Å²) in [5.41, 5.74) is 5.35. The van der Waals surface area contributed by atoms with Crippen molar-refractivity contribution in [3.8, 4) is 5.75 Å². The van der Waals surface area contributed by atoms with Gasteiger partial charge < -0.3 is 9.80 Å². The molecular weight excluding hydrogens is 608 g/mol. The summed E-state index contributed by atoms with van der Waals surface area (Å²) < 4.78 is 7.51. The van der Waals surface area contributed by atoms with Crippen molar-refractivity contribution in [1.29, 1.82) is 0 Å². The second-order valence-corrected chi connectivity index (χ2v) is 16.7. The van der Waals surface area contributed by atoms with Gasteiger partial charge in [0.15, 0.2) is 0 Å². The Hall–Kier alpha value is -1.23. The fraction of sp³-hybridized carbons (Fsp3) is 0.400. The van der Waals surface area contributed by atoms with E-state index in [1.165, 1.54) is 21.7 Å². The Kier molecular flexibility index (Phi) is 12.1. The Morgan fingerprint density at radius 2 is 1.59 bits per heavy atom. The molecule has 1 aliphatic rings. The van der Waals surface area contributed by atoms with E-state index in [0.29, 0.717) is 11.8 Å². The molecule has 2 heterocycles. The number of halogens is 2. The summed E-state index contributed by atoms with van der Waals surface area (Å²) in [6.07, 6.45) is 0.163. The molecule has 0 amide bonds. The van der Waals surface area contributed by atoms with Gasteiger partial charge in [0.05, 0.1) is 0 Å². The van der Waals surface area contributed by atoms with Gasteiger partial charge in [-0.3, -0.25) is 0 Å². The summed E-state index contributed by atoms with van der Waals surface area (Å²) in [5.74, 6) is 1.94. The molecule has 0 aliphatic carbocycles. The maximum absolute atomic E-state index is 5.82. The van der Waals surface area contributed by atoms with Gasteiger partial charge in [-0.2, -0.15) is 6.67 Å². The molecule has 3 nitrogen and oxygen atoms in total. The Balaban J connectivity index is 0.000000233. The fourth-order valence-electron chi connectivity index (χ4n) is 4.29. The number of thiophene rings is 1.